The van der Waals surface area contributed by atoms with E-state index in [-0.39, 0.29) is 0 Å². The molecule has 0 fully saturated rings. The molecule has 0 aromatic rings. The summed E-state index contributed by atoms with van der Waals surface area (Å²) in [6.45, 7) is 0. The smallest absolute Gasteiger partial charge is 0.112 e. The Morgan fingerprint density at radius 1 is 0.455 bits per heavy atom. The molecule has 0 spiro atoms. The Hall–Kier alpha value is 4.49. The van der Waals surface area contributed by atoms with Gasteiger partial charge in [-0.2, -0.15) is 0 Å². The van der Waals surface area contributed by atoms with E-state index in [0.717, 1.165) is 0 Å². The first-order valence-corrected chi connectivity index (χ1v) is 28.1. The van der Waals surface area contributed by atoms with Gasteiger partial charge in [-0.3, -0.25) is 0 Å². The van der Waals surface area contributed by atoms with E-state index in [2.05, 4.69) is 122 Å². The second-order valence-corrected chi connectivity index (χ2v) is 88.1. The summed E-state index contributed by atoms with van der Waals surface area (Å²) in [7, 11) is 0. The predicted octanol–water partition coefficient (Wildman–Crippen LogP) is 5.62. The molecule has 0 unspecified atom stereocenters. The van der Waals surface area contributed by atoms with Crippen LogP contribution in [-0.2, 0) is 0 Å². The summed E-state index contributed by atoms with van der Waals surface area (Å²) < 4.78 is -5.08. The van der Waals surface area contributed by atoms with Gasteiger partial charge in [0.25, 0.3) is 11.2 Å². The van der Waals surface area contributed by atoms with Crippen molar-refractivity contribution >= 4 is 134 Å². The molecule has 0 amide bonds. The lowest BCUT2D eigenvalue weighted by molar-refractivity contribution is 3.85. The summed E-state index contributed by atoms with van der Waals surface area (Å²) in [4.78, 5) is 0. The number of rotatable bonds is 2. The molecular formula is Br8Si3. The highest BCUT2D eigenvalue weighted by atomic mass is 80.0. The molecule has 0 radical (unpaired) electrons. The standard InChI is InChI=1S/Br8Si3/c1-9(2,3)11(7,8)10(4,5)6. The molecule has 0 aromatic carbocycles. The summed E-state index contributed by atoms with van der Waals surface area (Å²) in [5, 5.41) is 0. The van der Waals surface area contributed by atoms with Crippen LogP contribution in [0.15, 0.2) is 0 Å². The van der Waals surface area contributed by atoms with Crippen LogP contribution in [0.2, 0.25) is 0 Å². The van der Waals surface area contributed by atoms with Crippen molar-refractivity contribution in [3.63, 3.8) is 0 Å². The largest absolute Gasteiger partial charge is 0.279 e. The van der Waals surface area contributed by atoms with Crippen LogP contribution in [0, 0.1) is 0 Å². The van der Waals surface area contributed by atoms with Crippen molar-refractivity contribution in [3.8, 4) is 0 Å². The fourth-order valence-corrected chi connectivity index (χ4v) is 117. The van der Waals surface area contributed by atoms with E-state index in [4.69, 9.17) is 0 Å². The molecule has 0 bridgehead atoms. The monoisotopic (exact) mass is 715 g/mol. The average molecular weight is 723 g/mol. The number of hydrogen-bond acceptors (Lipinski definition) is 0. The predicted molar refractivity (Wildman–Crippen MR) is 88.7 cm³/mol. The van der Waals surface area contributed by atoms with Gasteiger partial charge in [0.05, 0.1) is 0 Å². The Bertz CT molecular complexity index is 120. The van der Waals surface area contributed by atoms with Gasteiger partial charge < -0.3 is 0 Å². The SMILES string of the molecule is Br[Si](Br)(Br)[Si](Br)(Br)[Si](Br)(Br)Br. The fraction of sp³-hybridized carbons (Fsp3) is 0. The zero-order valence-electron chi connectivity index (χ0n) is 4.52. The highest BCUT2D eigenvalue weighted by Crippen LogP contribution is 2.55. The van der Waals surface area contributed by atoms with Gasteiger partial charge in [0.2, 0.25) is 0 Å². The zero-order valence-corrected chi connectivity index (χ0v) is 20.2. The van der Waals surface area contributed by atoms with Crippen LogP contribution in [0.25, 0.3) is 0 Å². The second-order valence-electron chi connectivity index (χ2n) is 1.57. The summed E-state index contributed by atoms with van der Waals surface area (Å²) in [6.07, 6.45) is 0. The number of hydrogen-bond donors (Lipinski definition) is 0. The van der Waals surface area contributed by atoms with Crippen LogP contribution in [0.1, 0.15) is 0 Å². The van der Waals surface area contributed by atoms with Crippen molar-refractivity contribution in [3.05, 3.63) is 0 Å². The molecule has 0 saturated heterocycles. The molecule has 0 aliphatic rings. The molecular weight excluding hydrogens is 723 g/mol. The molecule has 0 N–H and O–H groups in total. The third-order valence-corrected chi connectivity index (χ3v) is 144. The Labute approximate surface area is 131 Å². The van der Waals surface area contributed by atoms with E-state index >= 15 is 0 Å². The maximum absolute atomic E-state index is 3.72. The molecule has 0 aliphatic heterocycles. The molecule has 0 nitrogen and oxygen atoms in total. The Morgan fingerprint density at radius 2 is 0.636 bits per heavy atom. The van der Waals surface area contributed by atoms with E-state index in [1.807, 2.05) is 0 Å². The van der Waals surface area contributed by atoms with E-state index in [0.29, 0.717) is 0 Å². The molecule has 11 heavy (non-hydrogen) atoms. The Morgan fingerprint density at radius 3 is 0.636 bits per heavy atom. The molecule has 11 heteroatoms. The maximum atomic E-state index is 3.72. The van der Waals surface area contributed by atoms with Gasteiger partial charge >= 0.3 is 0 Å². The van der Waals surface area contributed by atoms with E-state index in [1.165, 1.54) is 0 Å². The third kappa shape index (κ3) is 4.47. The molecule has 68 valence electrons. The normalized spacial score (nSPS) is 15.3. The molecule has 0 heterocycles. The van der Waals surface area contributed by atoms with Gasteiger partial charge in [0.1, 0.15) is 0 Å². The van der Waals surface area contributed by atoms with Crippen molar-refractivity contribution in [1.82, 2.24) is 0 Å². The third-order valence-electron chi connectivity index (χ3n) is 0.712. The van der Waals surface area contributed by atoms with Gasteiger partial charge in [0, 0.05) is 0 Å². The second kappa shape index (κ2) is 5.21. The van der Waals surface area contributed by atoms with Crippen molar-refractivity contribution in [1.29, 1.82) is 0 Å². The minimum absolute atomic E-state index is 1.69. The maximum Gasteiger partial charge on any atom is 0.279 e. The van der Waals surface area contributed by atoms with Crippen LogP contribution < -0.4 is 0 Å². The minimum atomic E-state index is -1.70. The Kier molecular flexibility index (Phi) is 7.34. The molecule has 0 aromatic heterocycles. The lowest BCUT2D eigenvalue weighted by Crippen LogP contribution is -2.54. The Balaban J connectivity index is 4.75. The van der Waals surface area contributed by atoms with Gasteiger partial charge in [-0.05, 0) is 0 Å². The van der Waals surface area contributed by atoms with Gasteiger partial charge in [-0.1, -0.05) is 91.8 Å². The number of halogens is 8. The van der Waals surface area contributed by atoms with E-state index in [9.17, 15) is 0 Å². The van der Waals surface area contributed by atoms with Crippen molar-refractivity contribution in [2.24, 2.45) is 0 Å². The molecule has 0 atom stereocenters. The highest BCUT2D eigenvalue weighted by molar-refractivity contribution is 9.89. The lowest BCUT2D eigenvalue weighted by atomic mass is 26.6. The van der Waals surface area contributed by atoms with Crippen LogP contribution in [0.4, 0.5) is 0 Å². The van der Waals surface area contributed by atoms with Gasteiger partial charge in [-0.15, -0.1) is 30.6 Å². The summed E-state index contributed by atoms with van der Waals surface area (Å²) in [5.74, 6) is 0. The average Bonchev–Trinajstić information content (AvgIpc) is 1.58. The van der Waals surface area contributed by atoms with Crippen molar-refractivity contribution < 1.29 is 0 Å². The molecule has 0 aliphatic carbocycles. The summed E-state index contributed by atoms with van der Waals surface area (Å²) in [5.41, 5.74) is 0. The van der Waals surface area contributed by atoms with Crippen molar-refractivity contribution in [2.45, 2.75) is 0 Å². The van der Waals surface area contributed by atoms with Crippen LogP contribution >= 0.6 is 122 Å². The molecule has 0 saturated carbocycles. The van der Waals surface area contributed by atoms with Crippen LogP contribution in [0.5, 0.6) is 0 Å². The lowest BCUT2D eigenvalue weighted by Gasteiger charge is -2.30. The van der Waals surface area contributed by atoms with E-state index < -0.39 is 11.2 Å². The van der Waals surface area contributed by atoms with Crippen molar-refractivity contribution in [2.75, 3.05) is 0 Å². The first-order chi connectivity index (χ1) is 4.50. The minimum Gasteiger partial charge on any atom is -0.112 e. The summed E-state index contributed by atoms with van der Waals surface area (Å²) >= 11 is 29.2. The van der Waals surface area contributed by atoms with Crippen LogP contribution in [0.3, 0.4) is 0 Å². The van der Waals surface area contributed by atoms with Gasteiger partial charge in [0.15, 0.2) is 0 Å². The first-order valence-electron chi connectivity index (χ1n) is 2.01. The van der Waals surface area contributed by atoms with E-state index in [1.54, 1.807) is 0 Å². The fourth-order valence-electron chi connectivity index (χ4n) is 0.161. The quantitative estimate of drug-likeness (QED) is 0.257. The first kappa shape index (κ1) is 15.5. The zero-order chi connectivity index (χ0) is 9.50. The van der Waals surface area contributed by atoms with Gasteiger partial charge in [-0.25, -0.2) is 0 Å². The van der Waals surface area contributed by atoms with Crippen LogP contribution in [-0.4, -0.2) is 11.2 Å². The summed E-state index contributed by atoms with van der Waals surface area (Å²) in [6, 6.07) is 0. The molecule has 0 rings (SSSR count). The topological polar surface area (TPSA) is 0 Å². The highest BCUT2D eigenvalue weighted by Gasteiger charge is 2.62.